The Morgan fingerprint density at radius 3 is 2.58 bits per heavy atom. The molecule has 0 saturated carbocycles. The highest BCUT2D eigenvalue weighted by Gasteiger charge is 2.23. The van der Waals surface area contributed by atoms with Crippen LogP contribution < -0.4 is 10.2 Å². The van der Waals surface area contributed by atoms with Gasteiger partial charge in [0.05, 0.1) is 11.8 Å². The van der Waals surface area contributed by atoms with Gasteiger partial charge in [-0.05, 0) is 31.9 Å². The Bertz CT molecular complexity index is 1210. The van der Waals surface area contributed by atoms with Crippen LogP contribution in [-0.2, 0) is 0 Å². The SMILES string of the molecule is CNc1nc(N2CCCC2)c(C#N)c(C)c1N=Nc1c(C#N)cnn1-c1ccccn1. The number of hydrogen-bond acceptors (Lipinski definition) is 9. The van der Waals surface area contributed by atoms with Crippen LogP contribution in [-0.4, -0.2) is 39.9 Å². The number of pyridine rings is 2. The van der Waals surface area contributed by atoms with Gasteiger partial charge in [-0.1, -0.05) is 6.07 Å². The first kappa shape index (κ1) is 20.0. The highest BCUT2D eigenvalue weighted by atomic mass is 15.4. The van der Waals surface area contributed by atoms with E-state index in [1.807, 2.05) is 13.0 Å². The molecule has 154 valence electrons. The van der Waals surface area contributed by atoms with Gasteiger partial charge < -0.3 is 10.2 Å². The molecule has 0 aliphatic carbocycles. The molecule has 1 aliphatic heterocycles. The van der Waals surface area contributed by atoms with Crippen molar-refractivity contribution in [2.45, 2.75) is 19.8 Å². The Hall–Kier alpha value is -4.31. The first-order valence-electron chi connectivity index (χ1n) is 9.86. The van der Waals surface area contributed by atoms with E-state index in [4.69, 9.17) is 0 Å². The molecule has 0 amide bonds. The molecule has 0 bridgehead atoms. The van der Waals surface area contributed by atoms with Crippen LogP contribution in [0.1, 0.15) is 29.5 Å². The molecule has 3 aromatic heterocycles. The minimum Gasteiger partial charge on any atom is -0.371 e. The van der Waals surface area contributed by atoms with Crippen LogP contribution in [0.4, 0.5) is 23.1 Å². The van der Waals surface area contributed by atoms with Gasteiger partial charge in [-0.25, -0.2) is 9.97 Å². The first-order chi connectivity index (χ1) is 15.2. The van der Waals surface area contributed by atoms with Crippen molar-refractivity contribution in [1.29, 1.82) is 10.5 Å². The van der Waals surface area contributed by atoms with Crippen molar-refractivity contribution in [3.05, 3.63) is 47.3 Å². The molecule has 3 aromatic rings. The van der Waals surface area contributed by atoms with Crippen molar-refractivity contribution in [3.63, 3.8) is 0 Å². The van der Waals surface area contributed by atoms with Gasteiger partial charge in [0.2, 0.25) is 0 Å². The van der Waals surface area contributed by atoms with Crippen LogP contribution >= 0.6 is 0 Å². The van der Waals surface area contributed by atoms with Crippen LogP contribution in [0.5, 0.6) is 0 Å². The highest BCUT2D eigenvalue weighted by molar-refractivity contribution is 5.75. The minimum absolute atomic E-state index is 0.254. The topological polar surface area (TPSA) is 131 Å². The summed E-state index contributed by atoms with van der Waals surface area (Å²) in [5, 5.41) is 35.2. The third-order valence-corrected chi connectivity index (χ3v) is 5.13. The summed E-state index contributed by atoms with van der Waals surface area (Å²) < 4.78 is 1.45. The van der Waals surface area contributed by atoms with E-state index in [1.54, 1.807) is 25.4 Å². The zero-order chi connectivity index (χ0) is 21.8. The summed E-state index contributed by atoms with van der Waals surface area (Å²) in [6.07, 6.45) is 5.21. The van der Waals surface area contributed by atoms with Crippen LogP contribution in [0.2, 0.25) is 0 Å². The molecule has 1 aliphatic rings. The van der Waals surface area contributed by atoms with Crippen LogP contribution in [0.15, 0.2) is 40.8 Å². The number of azo groups is 1. The van der Waals surface area contributed by atoms with E-state index in [-0.39, 0.29) is 11.4 Å². The van der Waals surface area contributed by atoms with Gasteiger partial charge in [-0.15, -0.1) is 10.2 Å². The number of nitrogens with one attached hydrogen (secondary N) is 1. The van der Waals surface area contributed by atoms with Crippen molar-refractivity contribution >= 4 is 23.1 Å². The zero-order valence-corrected chi connectivity index (χ0v) is 17.2. The molecule has 1 fully saturated rings. The van der Waals surface area contributed by atoms with Crippen molar-refractivity contribution in [1.82, 2.24) is 19.7 Å². The summed E-state index contributed by atoms with van der Waals surface area (Å²) in [6.45, 7) is 3.58. The molecule has 31 heavy (non-hydrogen) atoms. The summed E-state index contributed by atoms with van der Waals surface area (Å²) in [5.41, 5.74) is 1.86. The molecular weight excluding hydrogens is 392 g/mol. The molecule has 1 N–H and O–H groups in total. The molecule has 0 radical (unpaired) electrons. The van der Waals surface area contributed by atoms with Gasteiger partial charge in [-0.3, -0.25) is 0 Å². The smallest absolute Gasteiger partial charge is 0.197 e. The number of nitriles is 2. The molecule has 0 aromatic carbocycles. The standard InChI is InChI=1S/C21H20N10/c1-14-16(12-23)21(30-9-5-6-10-30)27-19(24-2)18(14)28-29-20-15(11-22)13-26-31(20)17-7-3-4-8-25-17/h3-4,7-8,13H,5-6,9-10H2,1-2H3,(H,24,27). The fraction of sp³-hybridized carbons (Fsp3) is 0.286. The Kier molecular flexibility index (Phi) is 5.54. The largest absolute Gasteiger partial charge is 0.371 e. The number of aromatic nitrogens is 4. The van der Waals surface area contributed by atoms with E-state index < -0.39 is 0 Å². The number of nitrogens with zero attached hydrogens (tertiary/aromatic N) is 9. The summed E-state index contributed by atoms with van der Waals surface area (Å²) in [7, 11) is 1.75. The number of hydrogen-bond donors (Lipinski definition) is 1. The third kappa shape index (κ3) is 3.67. The molecule has 0 unspecified atom stereocenters. The van der Waals surface area contributed by atoms with Gasteiger partial charge in [0.15, 0.2) is 17.5 Å². The molecule has 1 saturated heterocycles. The van der Waals surface area contributed by atoms with Gasteiger partial charge in [0, 0.05) is 31.9 Å². The fourth-order valence-electron chi connectivity index (χ4n) is 3.53. The maximum atomic E-state index is 9.80. The van der Waals surface area contributed by atoms with Crippen LogP contribution in [0.3, 0.4) is 0 Å². The van der Waals surface area contributed by atoms with Gasteiger partial charge in [0.1, 0.15) is 29.2 Å². The van der Waals surface area contributed by atoms with Crippen molar-refractivity contribution in [2.75, 3.05) is 30.4 Å². The quantitative estimate of drug-likeness (QED) is 0.631. The Morgan fingerprint density at radius 1 is 1.13 bits per heavy atom. The van der Waals surface area contributed by atoms with Crippen LogP contribution in [0.25, 0.3) is 5.82 Å². The second-order valence-corrected chi connectivity index (χ2v) is 6.98. The van der Waals surface area contributed by atoms with Crippen molar-refractivity contribution in [3.8, 4) is 18.0 Å². The molecular formula is C21H20N10. The Balaban J connectivity index is 1.81. The monoisotopic (exact) mass is 412 g/mol. The molecule has 4 rings (SSSR count). The number of rotatable bonds is 5. The lowest BCUT2D eigenvalue weighted by molar-refractivity contribution is 0.839. The minimum atomic E-state index is 0.254. The van der Waals surface area contributed by atoms with E-state index in [2.05, 4.69) is 47.7 Å². The first-order valence-corrected chi connectivity index (χ1v) is 9.86. The average molecular weight is 412 g/mol. The molecule has 10 nitrogen and oxygen atoms in total. The lowest BCUT2D eigenvalue weighted by Crippen LogP contribution is -2.21. The van der Waals surface area contributed by atoms with Gasteiger partial charge in [-0.2, -0.15) is 20.3 Å². The normalized spacial score (nSPS) is 13.4. The summed E-state index contributed by atoms with van der Waals surface area (Å²) in [6, 6.07) is 9.72. The van der Waals surface area contributed by atoms with E-state index in [0.29, 0.717) is 34.3 Å². The Morgan fingerprint density at radius 2 is 1.94 bits per heavy atom. The summed E-state index contributed by atoms with van der Waals surface area (Å²) in [5.74, 6) is 1.95. The van der Waals surface area contributed by atoms with E-state index in [1.165, 1.54) is 10.9 Å². The van der Waals surface area contributed by atoms with Gasteiger partial charge in [0.25, 0.3) is 0 Å². The van der Waals surface area contributed by atoms with E-state index >= 15 is 0 Å². The summed E-state index contributed by atoms with van der Waals surface area (Å²) >= 11 is 0. The number of anilines is 2. The predicted octanol–water partition coefficient (Wildman–Crippen LogP) is 3.77. The molecule has 4 heterocycles. The predicted molar refractivity (Wildman–Crippen MR) is 115 cm³/mol. The molecule has 0 atom stereocenters. The maximum absolute atomic E-state index is 9.80. The zero-order valence-electron chi connectivity index (χ0n) is 17.2. The third-order valence-electron chi connectivity index (χ3n) is 5.13. The van der Waals surface area contributed by atoms with Crippen LogP contribution in [0, 0.1) is 29.6 Å². The van der Waals surface area contributed by atoms with E-state index in [0.717, 1.165) is 25.9 Å². The Labute approximate surface area is 179 Å². The van der Waals surface area contributed by atoms with E-state index in [9.17, 15) is 10.5 Å². The van der Waals surface area contributed by atoms with Crippen molar-refractivity contribution < 1.29 is 0 Å². The molecule has 10 heteroatoms. The lowest BCUT2D eigenvalue weighted by atomic mass is 10.1. The second kappa shape index (κ2) is 8.59. The highest BCUT2D eigenvalue weighted by Crippen LogP contribution is 2.37. The maximum Gasteiger partial charge on any atom is 0.197 e. The lowest BCUT2D eigenvalue weighted by Gasteiger charge is -2.21. The van der Waals surface area contributed by atoms with Crippen molar-refractivity contribution in [2.24, 2.45) is 10.2 Å². The van der Waals surface area contributed by atoms with Gasteiger partial charge >= 0.3 is 0 Å². The average Bonchev–Trinajstić information content (AvgIpc) is 3.48. The second-order valence-electron chi connectivity index (χ2n) is 6.98. The fourth-order valence-corrected chi connectivity index (χ4v) is 3.53. The molecule has 0 spiro atoms. The summed E-state index contributed by atoms with van der Waals surface area (Å²) in [4.78, 5) is 11.1.